The van der Waals surface area contributed by atoms with E-state index in [1.165, 1.54) is 6.07 Å². The first-order chi connectivity index (χ1) is 13.1. The Morgan fingerprint density at radius 2 is 2.07 bits per heavy atom. The van der Waals surface area contributed by atoms with Crippen LogP contribution < -0.4 is 8.92 Å². The predicted molar refractivity (Wildman–Crippen MR) is 91.5 cm³/mol. The van der Waals surface area contributed by atoms with Crippen molar-refractivity contribution < 1.29 is 35.6 Å². The summed E-state index contributed by atoms with van der Waals surface area (Å²) in [6.07, 6.45) is 3.30. The molecule has 1 aromatic carbocycles. The highest BCUT2D eigenvalue weighted by Gasteiger charge is 2.64. The third kappa shape index (κ3) is 2.13. The normalized spacial score (nSPS) is 36.0. The van der Waals surface area contributed by atoms with Crippen LogP contribution in [0.1, 0.15) is 17.5 Å². The fourth-order valence-electron chi connectivity index (χ4n) is 5.46. The Labute approximate surface area is 159 Å². The summed E-state index contributed by atoms with van der Waals surface area (Å²) in [5.41, 5.74) is -4.56. The molecule has 0 amide bonds. The van der Waals surface area contributed by atoms with Crippen molar-refractivity contribution in [3.05, 3.63) is 35.4 Å². The van der Waals surface area contributed by atoms with Crippen molar-refractivity contribution >= 4 is 10.1 Å². The van der Waals surface area contributed by atoms with Gasteiger partial charge in [-0.25, -0.2) is 0 Å². The summed E-state index contributed by atoms with van der Waals surface area (Å²) >= 11 is 0. The van der Waals surface area contributed by atoms with Crippen LogP contribution in [0.25, 0.3) is 0 Å². The van der Waals surface area contributed by atoms with E-state index < -0.39 is 39.0 Å². The smallest absolute Gasteiger partial charge is 0.482 e. The summed E-state index contributed by atoms with van der Waals surface area (Å²) < 4.78 is 71.9. The minimum Gasteiger partial charge on any atom is -0.482 e. The number of benzene rings is 1. The van der Waals surface area contributed by atoms with E-state index >= 15 is 0 Å². The molecule has 1 unspecified atom stereocenters. The topological polar surface area (TPSA) is 76.1 Å². The number of aliphatic hydroxyl groups excluding tert-OH is 1. The molecule has 2 aliphatic heterocycles. The monoisotopic (exact) mass is 417 g/mol. The van der Waals surface area contributed by atoms with Crippen molar-refractivity contribution in [2.75, 3.05) is 13.6 Å². The molecule has 0 radical (unpaired) electrons. The lowest BCUT2D eigenvalue weighted by molar-refractivity contribution is -0.0507. The number of ether oxygens (including phenoxy) is 1. The zero-order chi connectivity index (χ0) is 20.1. The maximum absolute atomic E-state index is 12.8. The van der Waals surface area contributed by atoms with Crippen LogP contribution in [0, 0.1) is 5.92 Å². The molecule has 1 aromatic rings. The molecule has 5 rings (SSSR count). The van der Waals surface area contributed by atoms with Gasteiger partial charge in [0.1, 0.15) is 12.2 Å². The molecule has 2 bridgehead atoms. The van der Waals surface area contributed by atoms with Gasteiger partial charge in [0.25, 0.3) is 0 Å². The second-order valence-electron chi connectivity index (χ2n) is 7.89. The van der Waals surface area contributed by atoms with Gasteiger partial charge in [-0.3, -0.25) is 0 Å². The highest BCUT2D eigenvalue weighted by molar-refractivity contribution is 7.88. The maximum atomic E-state index is 12.8. The van der Waals surface area contributed by atoms with E-state index in [1.54, 1.807) is 12.1 Å². The molecule has 28 heavy (non-hydrogen) atoms. The number of hydrogen-bond acceptors (Lipinski definition) is 6. The number of aliphatic hydroxyl groups is 1. The van der Waals surface area contributed by atoms with Gasteiger partial charge in [0, 0.05) is 22.9 Å². The Balaban J connectivity index is 1.69. The predicted octanol–water partition coefficient (Wildman–Crippen LogP) is 1.72. The van der Waals surface area contributed by atoms with Crippen LogP contribution in [0.2, 0.25) is 0 Å². The van der Waals surface area contributed by atoms with Gasteiger partial charge in [-0.15, -0.1) is 0 Å². The first-order valence-corrected chi connectivity index (χ1v) is 10.4. The van der Waals surface area contributed by atoms with Gasteiger partial charge in [0.2, 0.25) is 0 Å². The van der Waals surface area contributed by atoms with Crippen molar-refractivity contribution in [2.24, 2.45) is 5.92 Å². The fraction of sp³-hybridized carbons (Fsp3) is 0.556. The molecule has 2 aliphatic carbocycles. The number of likely N-dealkylation sites (N-methyl/N-ethyl adjacent to an activating group) is 1. The molecule has 0 saturated carbocycles. The first kappa shape index (κ1) is 18.3. The first-order valence-electron chi connectivity index (χ1n) is 8.96. The van der Waals surface area contributed by atoms with Gasteiger partial charge >= 0.3 is 15.6 Å². The van der Waals surface area contributed by atoms with Crippen molar-refractivity contribution in [2.45, 2.75) is 42.0 Å². The Morgan fingerprint density at radius 1 is 1.32 bits per heavy atom. The maximum Gasteiger partial charge on any atom is 0.534 e. The van der Waals surface area contributed by atoms with E-state index in [2.05, 4.69) is 9.08 Å². The van der Waals surface area contributed by atoms with E-state index in [1.807, 2.05) is 13.1 Å². The van der Waals surface area contributed by atoms with E-state index in [9.17, 15) is 26.7 Å². The van der Waals surface area contributed by atoms with Crippen LogP contribution in [0.5, 0.6) is 11.5 Å². The van der Waals surface area contributed by atoms with E-state index in [0.29, 0.717) is 18.4 Å². The highest BCUT2D eigenvalue weighted by Crippen LogP contribution is 2.62. The van der Waals surface area contributed by atoms with Crippen LogP contribution in [0.15, 0.2) is 24.3 Å². The summed E-state index contributed by atoms with van der Waals surface area (Å²) in [4.78, 5) is 2.24. The number of alkyl halides is 3. The number of hydrogen-bond donors (Lipinski definition) is 1. The van der Waals surface area contributed by atoms with Crippen LogP contribution >= 0.6 is 0 Å². The quantitative estimate of drug-likeness (QED) is 0.449. The third-order valence-corrected chi connectivity index (χ3v) is 7.58. The molecule has 0 aromatic heterocycles. The van der Waals surface area contributed by atoms with Crippen molar-refractivity contribution in [1.29, 1.82) is 0 Å². The van der Waals surface area contributed by atoms with Crippen LogP contribution in [-0.4, -0.2) is 55.8 Å². The summed E-state index contributed by atoms with van der Waals surface area (Å²) in [7, 11) is -3.80. The molecular weight excluding hydrogens is 399 g/mol. The lowest BCUT2D eigenvalue weighted by atomic mass is 9.53. The second-order valence-corrected chi connectivity index (χ2v) is 9.43. The average Bonchev–Trinajstić information content (AvgIpc) is 2.96. The van der Waals surface area contributed by atoms with Crippen LogP contribution in [0.3, 0.4) is 0 Å². The lowest BCUT2D eigenvalue weighted by Gasteiger charge is -2.56. The molecule has 4 aliphatic rings. The van der Waals surface area contributed by atoms with Gasteiger partial charge in [0.15, 0.2) is 11.5 Å². The highest BCUT2D eigenvalue weighted by atomic mass is 32.2. The van der Waals surface area contributed by atoms with E-state index in [0.717, 1.165) is 12.1 Å². The second kappa shape index (κ2) is 5.43. The number of likely N-dealkylation sites (tertiary alicyclic amines) is 1. The van der Waals surface area contributed by atoms with Gasteiger partial charge in [-0.1, -0.05) is 18.2 Å². The molecule has 1 spiro atoms. The Morgan fingerprint density at radius 3 is 2.79 bits per heavy atom. The molecule has 1 fully saturated rings. The summed E-state index contributed by atoms with van der Waals surface area (Å²) in [5, 5.41) is 10.5. The minimum atomic E-state index is -5.83. The summed E-state index contributed by atoms with van der Waals surface area (Å²) in [5.74, 6) is -0.461. The zero-order valence-electron chi connectivity index (χ0n) is 14.8. The molecular formula is C18H18F3NO5S. The minimum absolute atomic E-state index is 0.00563. The van der Waals surface area contributed by atoms with Crippen molar-refractivity contribution in [1.82, 2.24) is 4.90 Å². The molecule has 6 nitrogen and oxygen atoms in total. The van der Waals surface area contributed by atoms with Gasteiger partial charge in [-0.05, 0) is 38.1 Å². The average molecular weight is 417 g/mol. The SMILES string of the molecule is CN1CC[C@]23c4c5ccc(OS(=O)(=O)C(F)(F)F)c4OC2[C@@H](O)C=C[C@H]3[C@H]1C5. The van der Waals surface area contributed by atoms with Crippen molar-refractivity contribution in [3.8, 4) is 11.5 Å². The third-order valence-electron chi connectivity index (χ3n) is 6.62. The van der Waals surface area contributed by atoms with Gasteiger partial charge < -0.3 is 18.9 Å². The standard InChI is InChI=1S/C18H18F3NO5S/c1-22-7-6-17-10-3-4-12(23)16(17)26-15-13(27-28(24,25)18(19,20)21)5-2-9(14(15)17)8-11(10)22/h2-5,10-12,16,23H,6-8H2,1H3/t10-,11+,12-,16?,17-/m0/s1. The molecule has 1 N–H and O–H groups in total. The van der Waals surface area contributed by atoms with Crippen LogP contribution in [-0.2, 0) is 22.0 Å². The Bertz CT molecular complexity index is 992. The van der Waals surface area contributed by atoms with E-state index in [-0.39, 0.29) is 17.7 Å². The Hall–Kier alpha value is -1.78. The Kier molecular flexibility index (Phi) is 3.54. The molecule has 10 heteroatoms. The summed E-state index contributed by atoms with van der Waals surface area (Å²) in [6.45, 7) is 0.742. The van der Waals surface area contributed by atoms with Crippen LogP contribution in [0.4, 0.5) is 13.2 Å². The largest absolute Gasteiger partial charge is 0.534 e. The zero-order valence-corrected chi connectivity index (χ0v) is 15.6. The molecule has 2 heterocycles. The fourth-order valence-corrected chi connectivity index (χ4v) is 5.92. The molecule has 5 atom stereocenters. The molecule has 1 saturated heterocycles. The number of halogens is 3. The number of piperidine rings is 1. The number of nitrogens with zero attached hydrogens (tertiary/aromatic N) is 1. The van der Waals surface area contributed by atoms with Gasteiger partial charge in [-0.2, -0.15) is 21.6 Å². The van der Waals surface area contributed by atoms with Gasteiger partial charge in [0.05, 0.1) is 0 Å². The lowest BCUT2D eigenvalue weighted by Crippen LogP contribution is -2.64. The van der Waals surface area contributed by atoms with E-state index in [4.69, 9.17) is 4.74 Å². The summed E-state index contributed by atoms with van der Waals surface area (Å²) in [6, 6.07) is 3.00. The van der Waals surface area contributed by atoms with Crippen molar-refractivity contribution in [3.63, 3.8) is 0 Å². The molecule has 152 valence electrons. The number of rotatable bonds is 2.